The van der Waals surface area contributed by atoms with Gasteiger partial charge in [0.25, 0.3) is 0 Å². The molecule has 0 fully saturated rings. The topological polar surface area (TPSA) is 57.9 Å². The summed E-state index contributed by atoms with van der Waals surface area (Å²) < 4.78 is 18.3. The van der Waals surface area contributed by atoms with Gasteiger partial charge in [0.1, 0.15) is 17.2 Å². The van der Waals surface area contributed by atoms with Crippen molar-refractivity contribution in [3.8, 4) is 34.5 Å². The zero-order valence-electron chi connectivity index (χ0n) is 14.4. The van der Waals surface area contributed by atoms with Crippen molar-refractivity contribution in [1.29, 1.82) is 0 Å². The van der Waals surface area contributed by atoms with Crippen molar-refractivity contribution < 1.29 is 14.2 Å². The average molecular weight is 347 g/mol. The van der Waals surface area contributed by atoms with Gasteiger partial charge < -0.3 is 14.2 Å². The van der Waals surface area contributed by atoms with E-state index in [0.29, 0.717) is 23.2 Å². The van der Waals surface area contributed by atoms with Crippen LogP contribution in [-0.2, 0) is 0 Å². The van der Waals surface area contributed by atoms with Crippen LogP contribution in [-0.4, -0.2) is 28.8 Å². The molecule has 4 rings (SSSR count). The Morgan fingerprint density at radius 1 is 0.808 bits per heavy atom. The summed E-state index contributed by atoms with van der Waals surface area (Å²) in [5.41, 5.74) is 2.38. The number of aromatic nitrogens is 3. The van der Waals surface area contributed by atoms with Crippen LogP contribution in [0.15, 0.2) is 66.7 Å². The Hall–Kier alpha value is -3.54. The smallest absolute Gasteiger partial charge is 0.243 e. The minimum Gasteiger partial charge on any atom is -0.497 e. The van der Waals surface area contributed by atoms with Crippen LogP contribution in [0.3, 0.4) is 0 Å². The van der Waals surface area contributed by atoms with Gasteiger partial charge in [-0.25, -0.2) is 4.98 Å². The molecule has 0 radical (unpaired) electrons. The van der Waals surface area contributed by atoms with E-state index in [1.807, 2.05) is 54.6 Å². The number of benzene rings is 2. The lowest BCUT2D eigenvalue weighted by molar-refractivity contribution is 0.380. The highest BCUT2D eigenvalue weighted by Crippen LogP contribution is 2.31. The fraction of sp³-hybridized carbons (Fsp3) is 0.100. The molecule has 0 N–H and O–H groups in total. The van der Waals surface area contributed by atoms with E-state index in [4.69, 9.17) is 14.2 Å². The second-order valence-corrected chi connectivity index (χ2v) is 5.56. The van der Waals surface area contributed by atoms with Crippen LogP contribution in [0.25, 0.3) is 16.9 Å². The molecule has 2 aromatic carbocycles. The van der Waals surface area contributed by atoms with E-state index in [2.05, 4.69) is 10.1 Å². The molecule has 0 aliphatic heterocycles. The van der Waals surface area contributed by atoms with E-state index < -0.39 is 0 Å². The predicted octanol–water partition coefficient (Wildman–Crippen LogP) is 4.21. The number of ether oxygens (including phenoxy) is 3. The number of methoxy groups -OCH3 is 2. The van der Waals surface area contributed by atoms with Crippen molar-refractivity contribution >= 4 is 5.65 Å². The first kappa shape index (κ1) is 16.0. The van der Waals surface area contributed by atoms with E-state index in [1.165, 1.54) is 0 Å². The molecule has 0 amide bonds. The molecule has 0 aliphatic rings. The third kappa shape index (κ3) is 2.93. The maximum absolute atomic E-state index is 5.85. The predicted molar refractivity (Wildman–Crippen MR) is 98.0 cm³/mol. The molecule has 6 heteroatoms. The quantitative estimate of drug-likeness (QED) is 0.541. The molecule has 130 valence electrons. The van der Waals surface area contributed by atoms with Crippen LogP contribution in [0, 0.1) is 0 Å². The molecule has 0 bridgehead atoms. The van der Waals surface area contributed by atoms with E-state index in [9.17, 15) is 0 Å². The molecular weight excluding hydrogens is 330 g/mol. The van der Waals surface area contributed by atoms with Crippen molar-refractivity contribution in [2.75, 3.05) is 14.2 Å². The third-order valence-electron chi connectivity index (χ3n) is 3.92. The summed E-state index contributed by atoms with van der Waals surface area (Å²) in [5.74, 6) is 2.34. The maximum atomic E-state index is 5.85. The first-order valence-electron chi connectivity index (χ1n) is 8.09. The minimum atomic E-state index is 0.432. The highest BCUT2D eigenvalue weighted by atomic mass is 16.5. The Balaban J connectivity index is 1.74. The number of nitrogens with zero attached hydrogens (tertiary/aromatic N) is 3. The molecule has 6 nitrogen and oxygen atoms in total. The number of imidazole rings is 1. The molecule has 0 aliphatic carbocycles. The van der Waals surface area contributed by atoms with Gasteiger partial charge in [-0.3, -0.25) is 0 Å². The van der Waals surface area contributed by atoms with Gasteiger partial charge in [0.15, 0.2) is 5.65 Å². The maximum Gasteiger partial charge on any atom is 0.243 e. The Labute approximate surface area is 150 Å². The van der Waals surface area contributed by atoms with Crippen molar-refractivity contribution in [3.63, 3.8) is 0 Å². The Bertz CT molecular complexity index is 1040. The van der Waals surface area contributed by atoms with Gasteiger partial charge in [-0.1, -0.05) is 36.4 Å². The van der Waals surface area contributed by atoms with E-state index in [0.717, 1.165) is 17.0 Å². The summed E-state index contributed by atoms with van der Waals surface area (Å²) in [6, 6.07) is 20.8. The lowest BCUT2D eigenvalue weighted by atomic mass is 10.2. The Morgan fingerprint density at radius 3 is 2.38 bits per heavy atom. The van der Waals surface area contributed by atoms with Crippen LogP contribution in [0.1, 0.15) is 0 Å². The average Bonchev–Trinajstić information content (AvgIpc) is 3.06. The van der Waals surface area contributed by atoms with Gasteiger partial charge in [-0.15, -0.1) is 5.10 Å². The molecule has 0 saturated carbocycles. The second kappa shape index (κ2) is 6.76. The molecule has 0 unspecified atom stereocenters. The highest BCUT2D eigenvalue weighted by molar-refractivity contribution is 5.69. The molecule has 2 aromatic heterocycles. The lowest BCUT2D eigenvalue weighted by Crippen LogP contribution is -1.98. The summed E-state index contributed by atoms with van der Waals surface area (Å²) in [4.78, 5) is 4.63. The van der Waals surface area contributed by atoms with Crippen LogP contribution < -0.4 is 14.2 Å². The van der Waals surface area contributed by atoms with Gasteiger partial charge >= 0.3 is 0 Å². The molecule has 0 saturated heterocycles. The zero-order valence-corrected chi connectivity index (χ0v) is 14.4. The van der Waals surface area contributed by atoms with Gasteiger partial charge in [-0.2, -0.15) is 4.52 Å². The SMILES string of the molecule is COc1cccc(Oc2ccc3nc(-c4ccccc4)c(OC)n3n2)c1. The van der Waals surface area contributed by atoms with Crippen molar-refractivity contribution in [2.24, 2.45) is 0 Å². The fourth-order valence-electron chi connectivity index (χ4n) is 2.70. The number of hydrogen-bond donors (Lipinski definition) is 0. The van der Waals surface area contributed by atoms with E-state index in [-0.39, 0.29) is 0 Å². The summed E-state index contributed by atoms with van der Waals surface area (Å²) in [6.07, 6.45) is 0. The monoisotopic (exact) mass is 347 g/mol. The zero-order chi connectivity index (χ0) is 17.9. The number of rotatable bonds is 5. The van der Waals surface area contributed by atoms with Crippen LogP contribution >= 0.6 is 0 Å². The van der Waals surface area contributed by atoms with Crippen molar-refractivity contribution in [1.82, 2.24) is 14.6 Å². The van der Waals surface area contributed by atoms with Gasteiger partial charge in [0.05, 0.1) is 14.2 Å². The number of fused-ring (bicyclic) bond motifs is 1. The fourth-order valence-corrected chi connectivity index (χ4v) is 2.70. The molecule has 0 spiro atoms. The summed E-state index contributed by atoms with van der Waals surface area (Å²) in [6.45, 7) is 0. The molecule has 26 heavy (non-hydrogen) atoms. The number of hydrogen-bond acceptors (Lipinski definition) is 5. The van der Waals surface area contributed by atoms with Gasteiger partial charge in [0, 0.05) is 17.7 Å². The Morgan fingerprint density at radius 2 is 1.62 bits per heavy atom. The van der Waals surface area contributed by atoms with Gasteiger partial charge in [-0.05, 0) is 18.2 Å². The molecule has 4 aromatic rings. The van der Waals surface area contributed by atoms with Crippen LogP contribution in [0.4, 0.5) is 0 Å². The third-order valence-corrected chi connectivity index (χ3v) is 3.92. The summed E-state index contributed by atoms with van der Waals surface area (Å²) in [7, 11) is 3.22. The van der Waals surface area contributed by atoms with E-state index >= 15 is 0 Å². The first-order chi connectivity index (χ1) is 12.8. The lowest BCUT2D eigenvalue weighted by Gasteiger charge is -2.07. The standard InChI is InChI=1S/C20H17N3O3/c1-24-15-9-6-10-16(13-15)26-18-12-11-17-21-19(14-7-4-3-5-8-14)20(25-2)23(17)22-18/h3-13H,1-2H3. The first-order valence-corrected chi connectivity index (χ1v) is 8.09. The summed E-state index contributed by atoms with van der Waals surface area (Å²) in [5, 5.41) is 4.51. The van der Waals surface area contributed by atoms with Crippen molar-refractivity contribution in [2.45, 2.75) is 0 Å². The van der Waals surface area contributed by atoms with E-state index in [1.54, 1.807) is 30.9 Å². The minimum absolute atomic E-state index is 0.432. The molecular formula is C20H17N3O3. The normalized spacial score (nSPS) is 10.7. The molecule has 2 heterocycles. The second-order valence-electron chi connectivity index (χ2n) is 5.56. The highest BCUT2D eigenvalue weighted by Gasteiger charge is 2.16. The molecule has 0 atom stereocenters. The van der Waals surface area contributed by atoms with Crippen molar-refractivity contribution in [3.05, 3.63) is 66.7 Å². The van der Waals surface area contributed by atoms with Crippen LogP contribution in [0.5, 0.6) is 23.3 Å². The largest absolute Gasteiger partial charge is 0.497 e. The summed E-state index contributed by atoms with van der Waals surface area (Å²) >= 11 is 0. The van der Waals surface area contributed by atoms with Crippen LogP contribution in [0.2, 0.25) is 0 Å². The van der Waals surface area contributed by atoms with Gasteiger partial charge in [0.2, 0.25) is 11.8 Å². The Kier molecular flexibility index (Phi) is 4.15.